The molecule has 0 aliphatic carbocycles. The van der Waals surface area contributed by atoms with E-state index >= 15 is 0 Å². The number of halogens is 1. The van der Waals surface area contributed by atoms with Crippen LogP contribution in [0.25, 0.3) is 0 Å². The third kappa shape index (κ3) is 5.28. The van der Waals surface area contributed by atoms with Crippen molar-refractivity contribution >= 4 is 0 Å². The standard InChI is InChI=1S/C21H27FN2O/c22-20-8-1-2-9-21(20)25-16-19-7-4-12-24(15-19)14-18-6-3-5-17(13-18)10-11-23/h1-3,5-6,8-9,13,19H,4,7,10-12,14-16,23H2/t19-/m0/s1. The predicted molar refractivity (Wildman–Crippen MR) is 99.1 cm³/mol. The Morgan fingerprint density at radius 3 is 2.80 bits per heavy atom. The second kappa shape index (κ2) is 8.97. The van der Waals surface area contributed by atoms with Gasteiger partial charge in [0.25, 0.3) is 0 Å². The van der Waals surface area contributed by atoms with Crippen molar-refractivity contribution in [3.63, 3.8) is 0 Å². The van der Waals surface area contributed by atoms with Gasteiger partial charge in [0.2, 0.25) is 0 Å². The first kappa shape index (κ1) is 17.9. The van der Waals surface area contributed by atoms with Gasteiger partial charge in [0.1, 0.15) is 0 Å². The molecular weight excluding hydrogens is 315 g/mol. The first-order valence-electron chi connectivity index (χ1n) is 9.12. The van der Waals surface area contributed by atoms with E-state index in [1.807, 2.05) is 0 Å². The minimum absolute atomic E-state index is 0.285. The Balaban J connectivity index is 1.52. The van der Waals surface area contributed by atoms with Crippen LogP contribution in [0, 0.1) is 11.7 Å². The van der Waals surface area contributed by atoms with Crippen LogP contribution in [0.3, 0.4) is 0 Å². The van der Waals surface area contributed by atoms with Gasteiger partial charge in [-0.25, -0.2) is 4.39 Å². The van der Waals surface area contributed by atoms with Gasteiger partial charge in [-0.15, -0.1) is 0 Å². The van der Waals surface area contributed by atoms with Crippen LogP contribution >= 0.6 is 0 Å². The monoisotopic (exact) mass is 342 g/mol. The number of ether oxygens (including phenoxy) is 1. The van der Waals surface area contributed by atoms with E-state index in [1.54, 1.807) is 18.2 Å². The molecule has 1 fully saturated rings. The van der Waals surface area contributed by atoms with Crippen LogP contribution in [-0.2, 0) is 13.0 Å². The van der Waals surface area contributed by atoms with Gasteiger partial charge in [-0.3, -0.25) is 4.90 Å². The molecule has 0 spiro atoms. The van der Waals surface area contributed by atoms with Gasteiger partial charge in [-0.2, -0.15) is 0 Å². The van der Waals surface area contributed by atoms with Gasteiger partial charge in [-0.05, 0) is 55.6 Å². The average molecular weight is 342 g/mol. The number of likely N-dealkylation sites (tertiary alicyclic amines) is 1. The van der Waals surface area contributed by atoms with E-state index in [0.717, 1.165) is 38.9 Å². The molecule has 4 heteroatoms. The van der Waals surface area contributed by atoms with Crippen molar-refractivity contribution in [2.45, 2.75) is 25.8 Å². The van der Waals surface area contributed by atoms with Crippen molar-refractivity contribution in [1.82, 2.24) is 4.90 Å². The number of rotatable bonds is 7. The number of nitrogens with two attached hydrogens (primary N) is 1. The van der Waals surface area contributed by atoms with Crippen LogP contribution in [0.5, 0.6) is 5.75 Å². The van der Waals surface area contributed by atoms with E-state index in [-0.39, 0.29) is 5.82 Å². The molecule has 0 saturated carbocycles. The maximum atomic E-state index is 13.7. The van der Waals surface area contributed by atoms with Crippen LogP contribution in [0.4, 0.5) is 4.39 Å². The van der Waals surface area contributed by atoms with Crippen molar-refractivity contribution in [3.8, 4) is 5.75 Å². The van der Waals surface area contributed by atoms with Crippen LogP contribution in [0.15, 0.2) is 48.5 Å². The van der Waals surface area contributed by atoms with Gasteiger partial charge in [0.15, 0.2) is 11.6 Å². The lowest BCUT2D eigenvalue weighted by Gasteiger charge is -2.32. The smallest absolute Gasteiger partial charge is 0.165 e. The Hall–Kier alpha value is -1.91. The summed E-state index contributed by atoms with van der Waals surface area (Å²) in [7, 11) is 0. The second-order valence-electron chi connectivity index (χ2n) is 6.84. The number of piperidine rings is 1. The molecule has 134 valence electrons. The molecule has 25 heavy (non-hydrogen) atoms. The van der Waals surface area contributed by atoms with Gasteiger partial charge >= 0.3 is 0 Å². The molecule has 3 rings (SSSR count). The number of para-hydroxylation sites is 1. The molecule has 2 N–H and O–H groups in total. The van der Waals surface area contributed by atoms with Crippen LogP contribution in [0.2, 0.25) is 0 Å². The highest BCUT2D eigenvalue weighted by Gasteiger charge is 2.21. The zero-order valence-corrected chi connectivity index (χ0v) is 14.7. The number of hydrogen-bond donors (Lipinski definition) is 1. The van der Waals surface area contributed by atoms with E-state index in [2.05, 4.69) is 29.2 Å². The van der Waals surface area contributed by atoms with Crippen LogP contribution in [-0.4, -0.2) is 31.1 Å². The minimum atomic E-state index is -0.285. The van der Waals surface area contributed by atoms with Crippen molar-refractivity contribution in [1.29, 1.82) is 0 Å². The Morgan fingerprint density at radius 2 is 1.96 bits per heavy atom. The molecule has 1 aliphatic rings. The summed E-state index contributed by atoms with van der Waals surface area (Å²) < 4.78 is 19.4. The van der Waals surface area contributed by atoms with Gasteiger partial charge < -0.3 is 10.5 Å². The maximum Gasteiger partial charge on any atom is 0.165 e. The number of hydrogen-bond acceptors (Lipinski definition) is 3. The lowest BCUT2D eigenvalue weighted by Crippen LogP contribution is -2.37. The fraction of sp³-hybridized carbons (Fsp3) is 0.429. The molecule has 1 heterocycles. The number of nitrogens with zero attached hydrogens (tertiary/aromatic N) is 1. The average Bonchev–Trinajstić information content (AvgIpc) is 2.62. The molecule has 2 aromatic carbocycles. The topological polar surface area (TPSA) is 38.5 Å². The van der Waals surface area contributed by atoms with E-state index in [9.17, 15) is 4.39 Å². The second-order valence-corrected chi connectivity index (χ2v) is 6.84. The highest BCUT2D eigenvalue weighted by atomic mass is 19.1. The maximum absolute atomic E-state index is 13.7. The van der Waals surface area contributed by atoms with Gasteiger partial charge in [0.05, 0.1) is 6.61 Å². The quantitative estimate of drug-likeness (QED) is 0.835. The first-order chi connectivity index (χ1) is 12.2. The van der Waals surface area contributed by atoms with E-state index < -0.39 is 0 Å². The van der Waals surface area contributed by atoms with Gasteiger partial charge in [-0.1, -0.05) is 36.4 Å². The Bertz CT molecular complexity index is 676. The summed E-state index contributed by atoms with van der Waals surface area (Å²) >= 11 is 0. The normalized spacial score (nSPS) is 18.2. The lowest BCUT2D eigenvalue weighted by molar-refractivity contribution is 0.123. The Labute approximate surface area is 149 Å². The molecule has 0 radical (unpaired) electrons. The summed E-state index contributed by atoms with van der Waals surface area (Å²) in [6, 6.07) is 15.3. The Morgan fingerprint density at radius 1 is 1.12 bits per heavy atom. The molecule has 0 aromatic heterocycles. The zero-order chi connectivity index (χ0) is 17.5. The zero-order valence-electron chi connectivity index (χ0n) is 14.7. The summed E-state index contributed by atoms with van der Waals surface area (Å²) in [4.78, 5) is 2.47. The minimum Gasteiger partial charge on any atom is -0.490 e. The molecule has 0 unspecified atom stereocenters. The Kier molecular flexibility index (Phi) is 6.42. The van der Waals surface area contributed by atoms with E-state index in [0.29, 0.717) is 24.8 Å². The molecule has 1 atom stereocenters. The van der Waals surface area contributed by atoms with Crippen molar-refractivity contribution < 1.29 is 9.13 Å². The van der Waals surface area contributed by atoms with Crippen LogP contribution < -0.4 is 10.5 Å². The van der Waals surface area contributed by atoms with Gasteiger partial charge in [0, 0.05) is 19.0 Å². The first-order valence-corrected chi connectivity index (χ1v) is 9.12. The largest absolute Gasteiger partial charge is 0.490 e. The van der Waals surface area contributed by atoms with E-state index in [1.165, 1.54) is 17.2 Å². The van der Waals surface area contributed by atoms with Crippen molar-refractivity contribution in [3.05, 3.63) is 65.5 Å². The molecular formula is C21H27FN2O. The molecule has 0 amide bonds. The third-order valence-corrected chi connectivity index (χ3v) is 4.74. The summed E-state index contributed by atoms with van der Waals surface area (Å²) in [5.74, 6) is 0.515. The van der Waals surface area contributed by atoms with Crippen molar-refractivity contribution in [2.75, 3.05) is 26.2 Å². The highest BCUT2D eigenvalue weighted by molar-refractivity contribution is 5.24. The highest BCUT2D eigenvalue weighted by Crippen LogP contribution is 2.22. The molecule has 0 bridgehead atoms. The molecule has 3 nitrogen and oxygen atoms in total. The number of benzene rings is 2. The summed E-state index contributed by atoms with van der Waals surface area (Å²) in [6.07, 6.45) is 3.22. The molecule has 1 saturated heterocycles. The van der Waals surface area contributed by atoms with Crippen molar-refractivity contribution in [2.24, 2.45) is 11.7 Å². The summed E-state index contributed by atoms with van der Waals surface area (Å²) in [5, 5.41) is 0. The third-order valence-electron chi connectivity index (χ3n) is 4.74. The van der Waals surface area contributed by atoms with E-state index in [4.69, 9.17) is 10.5 Å². The fourth-order valence-corrected chi connectivity index (χ4v) is 3.51. The fourth-order valence-electron chi connectivity index (χ4n) is 3.51. The summed E-state index contributed by atoms with van der Waals surface area (Å²) in [5.41, 5.74) is 8.29. The molecule has 2 aromatic rings. The predicted octanol–water partition coefficient (Wildman–Crippen LogP) is 3.62. The molecule has 1 aliphatic heterocycles. The SMILES string of the molecule is NCCc1cccc(CN2CCC[C@H](COc3ccccc3F)C2)c1. The summed E-state index contributed by atoms with van der Waals surface area (Å²) in [6.45, 7) is 4.31. The van der Waals surface area contributed by atoms with Crippen LogP contribution in [0.1, 0.15) is 24.0 Å². The lowest BCUT2D eigenvalue weighted by atomic mass is 9.98.